The molecule has 0 aromatic rings. The summed E-state index contributed by atoms with van der Waals surface area (Å²) >= 11 is 1.56. The summed E-state index contributed by atoms with van der Waals surface area (Å²) < 4.78 is 5.61. The molecule has 3 N–H and O–H groups in total. The van der Waals surface area contributed by atoms with Crippen LogP contribution in [0.5, 0.6) is 0 Å². The smallest absolute Gasteiger partial charge is 0.326 e. The molecule has 0 aromatic carbocycles. The van der Waals surface area contributed by atoms with E-state index in [1.165, 1.54) is 0 Å². The molecule has 0 radical (unpaired) electrons. The van der Waals surface area contributed by atoms with E-state index in [0.29, 0.717) is 18.8 Å². The fourth-order valence-corrected chi connectivity index (χ4v) is 2.94. The number of nitrogens with one attached hydrogen (secondary N) is 2. The molecular weight excluding hydrogens is 292 g/mol. The highest BCUT2D eigenvalue weighted by Gasteiger charge is 2.49. The van der Waals surface area contributed by atoms with Gasteiger partial charge in [0.15, 0.2) is 0 Å². The molecule has 2 unspecified atom stereocenters. The van der Waals surface area contributed by atoms with Crippen LogP contribution in [0.15, 0.2) is 0 Å². The Morgan fingerprint density at radius 2 is 2.14 bits per heavy atom. The van der Waals surface area contributed by atoms with Crippen LogP contribution < -0.4 is 10.6 Å². The van der Waals surface area contributed by atoms with Gasteiger partial charge in [-0.3, -0.25) is 0 Å². The monoisotopic (exact) mass is 318 g/mol. The first kappa shape index (κ1) is 18.1. The number of aliphatic carboxylic acids is 1. The van der Waals surface area contributed by atoms with Gasteiger partial charge < -0.3 is 20.5 Å². The second-order valence-corrected chi connectivity index (χ2v) is 6.83. The summed E-state index contributed by atoms with van der Waals surface area (Å²) in [6.07, 6.45) is 3.22. The summed E-state index contributed by atoms with van der Waals surface area (Å²) in [4.78, 5) is 23.0. The van der Waals surface area contributed by atoms with Gasteiger partial charge in [0.1, 0.15) is 6.04 Å². The molecule has 0 aromatic heterocycles. The number of ether oxygens (including phenoxy) is 1. The van der Waals surface area contributed by atoms with Gasteiger partial charge in [0.2, 0.25) is 0 Å². The largest absolute Gasteiger partial charge is 0.480 e. The lowest BCUT2D eigenvalue weighted by atomic mass is 9.64. The van der Waals surface area contributed by atoms with Crippen molar-refractivity contribution in [3.63, 3.8) is 0 Å². The second kappa shape index (κ2) is 7.89. The number of hydrogen-bond donors (Lipinski definition) is 3. The number of carboxylic acid groups (broad SMARTS) is 1. The lowest BCUT2D eigenvalue weighted by molar-refractivity contribution is -0.139. The number of rotatable bonds is 8. The van der Waals surface area contributed by atoms with Crippen LogP contribution in [-0.2, 0) is 9.53 Å². The van der Waals surface area contributed by atoms with Crippen molar-refractivity contribution in [2.24, 2.45) is 5.41 Å². The predicted molar refractivity (Wildman–Crippen MR) is 83.7 cm³/mol. The molecule has 2 amide bonds. The lowest BCUT2D eigenvalue weighted by Gasteiger charge is -2.51. The maximum atomic E-state index is 11.9. The number of carbonyl (C=O) groups is 2. The summed E-state index contributed by atoms with van der Waals surface area (Å²) in [5.74, 6) is -0.308. The van der Waals surface area contributed by atoms with Gasteiger partial charge in [0, 0.05) is 18.1 Å². The van der Waals surface area contributed by atoms with E-state index in [-0.39, 0.29) is 17.6 Å². The Labute approximate surface area is 130 Å². The number of thioether (sulfide) groups is 1. The van der Waals surface area contributed by atoms with Gasteiger partial charge in [-0.1, -0.05) is 13.8 Å². The SMILES string of the molecule is CCOC1CC(NC(=O)N[C@@H](CCSC)C(=O)O)C1(C)C. The summed E-state index contributed by atoms with van der Waals surface area (Å²) in [6.45, 7) is 6.70. The molecule has 0 aliphatic heterocycles. The van der Waals surface area contributed by atoms with E-state index in [1.807, 2.05) is 27.0 Å². The van der Waals surface area contributed by atoms with Crippen LogP contribution in [0.2, 0.25) is 0 Å². The highest BCUT2D eigenvalue weighted by atomic mass is 32.2. The van der Waals surface area contributed by atoms with E-state index in [9.17, 15) is 9.59 Å². The average molecular weight is 318 g/mol. The van der Waals surface area contributed by atoms with Crippen LogP contribution in [-0.4, -0.2) is 53.9 Å². The van der Waals surface area contributed by atoms with E-state index >= 15 is 0 Å². The normalized spacial score (nSPS) is 24.8. The third-order valence-electron chi connectivity index (χ3n) is 4.06. The molecule has 7 heteroatoms. The van der Waals surface area contributed by atoms with E-state index in [1.54, 1.807) is 11.8 Å². The minimum atomic E-state index is -1.00. The Morgan fingerprint density at radius 3 is 2.62 bits per heavy atom. The summed E-state index contributed by atoms with van der Waals surface area (Å²) in [7, 11) is 0. The van der Waals surface area contributed by atoms with E-state index in [4.69, 9.17) is 9.84 Å². The van der Waals surface area contributed by atoms with Crippen molar-refractivity contribution in [3.05, 3.63) is 0 Å². The molecule has 6 nitrogen and oxygen atoms in total. The maximum absolute atomic E-state index is 11.9. The summed E-state index contributed by atoms with van der Waals surface area (Å²) in [5, 5.41) is 14.5. The summed E-state index contributed by atoms with van der Waals surface area (Å²) in [5.41, 5.74) is -0.134. The van der Waals surface area contributed by atoms with Gasteiger partial charge in [-0.15, -0.1) is 0 Å². The van der Waals surface area contributed by atoms with Crippen LogP contribution in [0.1, 0.15) is 33.6 Å². The molecular formula is C14H26N2O4S. The second-order valence-electron chi connectivity index (χ2n) is 5.84. The van der Waals surface area contributed by atoms with Crippen LogP contribution >= 0.6 is 11.8 Å². The molecule has 0 bridgehead atoms. The van der Waals surface area contributed by atoms with Crippen LogP contribution in [0.4, 0.5) is 4.79 Å². The number of hydrogen-bond acceptors (Lipinski definition) is 4. The number of carboxylic acids is 1. The van der Waals surface area contributed by atoms with Gasteiger partial charge in [0.25, 0.3) is 0 Å². The Morgan fingerprint density at radius 1 is 1.48 bits per heavy atom. The molecule has 1 aliphatic rings. The van der Waals surface area contributed by atoms with Crippen molar-refractivity contribution >= 4 is 23.8 Å². The molecule has 3 atom stereocenters. The zero-order valence-electron chi connectivity index (χ0n) is 13.1. The van der Waals surface area contributed by atoms with Crippen molar-refractivity contribution < 1.29 is 19.4 Å². The van der Waals surface area contributed by atoms with E-state index < -0.39 is 18.0 Å². The number of urea groups is 1. The molecule has 1 aliphatic carbocycles. The molecule has 0 saturated heterocycles. The fraction of sp³-hybridized carbons (Fsp3) is 0.857. The van der Waals surface area contributed by atoms with E-state index in [0.717, 1.165) is 6.42 Å². The summed E-state index contributed by atoms with van der Waals surface area (Å²) in [6, 6.07) is -1.26. The van der Waals surface area contributed by atoms with Gasteiger partial charge in [0.05, 0.1) is 6.10 Å². The Bertz CT molecular complexity index is 376. The first-order chi connectivity index (χ1) is 9.82. The zero-order chi connectivity index (χ0) is 16.0. The Hall–Kier alpha value is -0.950. The average Bonchev–Trinajstić information content (AvgIpc) is 2.42. The van der Waals surface area contributed by atoms with Crippen LogP contribution in [0, 0.1) is 5.41 Å². The topological polar surface area (TPSA) is 87.7 Å². The first-order valence-electron chi connectivity index (χ1n) is 7.23. The number of amides is 2. The lowest BCUT2D eigenvalue weighted by Crippen LogP contribution is -2.64. The first-order valence-corrected chi connectivity index (χ1v) is 8.62. The third-order valence-corrected chi connectivity index (χ3v) is 4.71. The maximum Gasteiger partial charge on any atom is 0.326 e. The molecule has 21 heavy (non-hydrogen) atoms. The molecule has 1 fully saturated rings. The van der Waals surface area contributed by atoms with Crippen molar-refractivity contribution in [3.8, 4) is 0 Å². The van der Waals surface area contributed by atoms with Crippen LogP contribution in [0.3, 0.4) is 0 Å². The Balaban J connectivity index is 2.45. The van der Waals surface area contributed by atoms with Gasteiger partial charge in [-0.2, -0.15) is 11.8 Å². The molecule has 0 heterocycles. The van der Waals surface area contributed by atoms with Crippen molar-refractivity contribution in [1.82, 2.24) is 10.6 Å². The highest BCUT2D eigenvalue weighted by Crippen LogP contribution is 2.42. The van der Waals surface area contributed by atoms with Gasteiger partial charge in [-0.25, -0.2) is 9.59 Å². The highest BCUT2D eigenvalue weighted by molar-refractivity contribution is 7.98. The van der Waals surface area contributed by atoms with Gasteiger partial charge >= 0.3 is 12.0 Å². The Kier molecular flexibility index (Phi) is 6.80. The van der Waals surface area contributed by atoms with Crippen molar-refractivity contribution in [2.45, 2.75) is 51.8 Å². The minimum Gasteiger partial charge on any atom is -0.480 e. The zero-order valence-corrected chi connectivity index (χ0v) is 14.0. The van der Waals surface area contributed by atoms with E-state index in [2.05, 4.69) is 10.6 Å². The van der Waals surface area contributed by atoms with Crippen molar-refractivity contribution in [1.29, 1.82) is 0 Å². The quantitative estimate of drug-likeness (QED) is 0.634. The predicted octanol–water partition coefficient (Wildman–Crippen LogP) is 1.70. The van der Waals surface area contributed by atoms with Crippen LogP contribution in [0.25, 0.3) is 0 Å². The van der Waals surface area contributed by atoms with Gasteiger partial charge in [-0.05, 0) is 31.8 Å². The standard InChI is InChI=1S/C14H26N2O4S/c1-5-20-11-8-10(14(11,2)3)16-13(19)15-9(12(17)18)6-7-21-4/h9-11H,5-8H2,1-4H3,(H,17,18)(H2,15,16,19)/t9-,10?,11?/m0/s1. The fourth-order valence-electron chi connectivity index (χ4n) is 2.47. The third kappa shape index (κ3) is 4.78. The number of carbonyl (C=O) groups excluding carboxylic acids is 1. The molecule has 1 saturated carbocycles. The molecule has 1 rings (SSSR count). The molecule has 0 spiro atoms. The van der Waals surface area contributed by atoms with Crippen molar-refractivity contribution in [2.75, 3.05) is 18.6 Å². The molecule has 122 valence electrons. The minimum absolute atomic E-state index is 0.00375.